The molecule has 0 fully saturated rings. The van der Waals surface area contributed by atoms with Crippen molar-refractivity contribution in [2.45, 2.75) is 39.0 Å². The predicted octanol–water partition coefficient (Wildman–Crippen LogP) is 3.50. The molecule has 1 aromatic carbocycles. The van der Waals surface area contributed by atoms with E-state index < -0.39 is 29.6 Å². The lowest BCUT2D eigenvalue weighted by Gasteiger charge is -2.28. The Hall–Kier alpha value is -2.97. The van der Waals surface area contributed by atoms with Crippen LogP contribution in [0, 0.1) is 5.92 Å². The van der Waals surface area contributed by atoms with Crippen molar-refractivity contribution in [3.63, 3.8) is 0 Å². The van der Waals surface area contributed by atoms with Gasteiger partial charge in [-0.05, 0) is 30.0 Å². The zero-order valence-electron chi connectivity index (χ0n) is 15.3. The van der Waals surface area contributed by atoms with Gasteiger partial charge in [0.2, 0.25) is 5.91 Å². The van der Waals surface area contributed by atoms with Gasteiger partial charge in [-0.2, -0.15) is 13.2 Å². The van der Waals surface area contributed by atoms with Gasteiger partial charge in [-0.1, -0.05) is 19.9 Å². The summed E-state index contributed by atoms with van der Waals surface area (Å²) in [6.07, 6.45) is -0.0724. The first kappa shape index (κ1) is 19.8. The minimum atomic E-state index is -4.57. The van der Waals surface area contributed by atoms with Crippen molar-refractivity contribution in [2.75, 3.05) is 5.32 Å². The van der Waals surface area contributed by atoms with Crippen LogP contribution in [0.5, 0.6) is 0 Å². The molecule has 2 heterocycles. The van der Waals surface area contributed by atoms with Crippen molar-refractivity contribution >= 4 is 17.6 Å². The minimum Gasteiger partial charge on any atom is -0.322 e. The van der Waals surface area contributed by atoms with Gasteiger partial charge in [0.1, 0.15) is 6.04 Å². The average Bonchev–Trinajstić information content (AvgIpc) is 2.96. The molecule has 3 rings (SSSR count). The number of nitrogens with zero attached hydrogens (tertiary/aromatic N) is 3. The van der Waals surface area contributed by atoms with Crippen LogP contribution in [0.25, 0.3) is 0 Å². The van der Waals surface area contributed by atoms with E-state index in [0.29, 0.717) is 6.42 Å². The number of amides is 2. The van der Waals surface area contributed by atoms with E-state index in [2.05, 4.69) is 15.3 Å². The van der Waals surface area contributed by atoms with Gasteiger partial charge in [-0.25, -0.2) is 4.98 Å². The van der Waals surface area contributed by atoms with E-state index in [0.717, 1.165) is 6.07 Å². The summed E-state index contributed by atoms with van der Waals surface area (Å²) in [4.78, 5) is 34.6. The van der Waals surface area contributed by atoms with Crippen LogP contribution in [0.15, 0.2) is 36.8 Å². The highest BCUT2D eigenvalue weighted by molar-refractivity contribution is 6.03. The monoisotopic (exact) mass is 392 g/mol. The lowest BCUT2D eigenvalue weighted by atomic mass is 10.0. The summed E-state index contributed by atoms with van der Waals surface area (Å²) in [5, 5.41) is 2.59. The molecular weight excluding hydrogens is 373 g/mol. The molecule has 1 aliphatic heterocycles. The van der Waals surface area contributed by atoms with Crippen molar-refractivity contribution in [1.29, 1.82) is 0 Å². The van der Waals surface area contributed by atoms with Crippen LogP contribution in [0.3, 0.4) is 0 Å². The fourth-order valence-electron chi connectivity index (χ4n) is 3.27. The van der Waals surface area contributed by atoms with E-state index in [-0.39, 0.29) is 29.4 Å². The van der Waals surface area contributed by atoms with Crippen LogP contribution in [0.1, 0.15) is 41.8 Å². The molecule has 0 spiro atoms. The van der Waals surface area contributed by atoms with Gasteiger partial charge in [-0.3, -0.25) is 14.6 Å². The van der Waals surface area contributed by atoms with Crippen LogP contribution in [0.2, 0.25) is 0 Å². The second kappa shape index (κ2) is 7.57. The number of anilines is 1. The molecule has 1 atom stereocenters. The molecule has 2 aromatic rings. The van der Waals surface area contributed by atoms with Gasteiger partial charge < -0.3 is 10.2 Å². The molecule has 2 amide bonds. The van der Waals surface area contributed by atoms with Gasteiger partial charge in [0.15, 0.2) is 5.82 Å². The van der Waals surface area contributed by atoms with E-state index in [9.17, 15) is 22.8 Å². The summed E-state index contributed by atoms with van der Waals surface area (Å²) in [5.74, 6) is -0.845. The topological polar surface area (TPSA) is 75.2 Å². The fraction of sp³-hybridized carbons (Fsp3) is 0.368. The first-order chi connectivity index (χ1) is 13.2. The van der Waals surface area contributed by atoms with Gasteiger partial charge >= 0.3 is 6.18 Å². The highest BCUT2D eigenvalue weighted by atomic mass is 19.4. The molecule has 148 valence electrons. The first-order valence-corrected chi connectivity index (χ1v) is 8.75. The third-order valence-electron chi connectivity index (χ3n) is 4.49. The molecule has 1 aliphatic rings. The molecule has 0 saturated heterocycles. The number of alkyl halides is 3. The van der Waals surface area contributed by atoms with Crippen molar-refractivity contribution in [3.05, 3.63) is 53.5 Å². The maximum absolute atomic E-state index is 13.3. The van der Waals surface area contributed by atoms with Crippen molar-refractivity contribution in [2.24, 2.45) is 5.92 Å². The van der Waals surface area contributed by atoms with Gasteiger partial charge in [-0.15, -0.1) is 0 Å². The van der Waals surface area contributed by atoms with Crippen LogP contribution in [-0.2, 0) is 17.5 Å². The number of nitrogens with one attached hydrogen (secondary N) is 1. The van der Waals surface area contributed by atoms with Crippen LogP contribution in [-0.4, -0.2) is 32.7 Å². The molecule has 1 aromatic heterocycles. The van der Waals surface area contributed by atoms with Crippen molar-refractivity contribution in [1.82, 2.24) is 14.9 Å². The summed E-state index contributed by atoms with van der Waals surface area (Å²) in [6.45, 7) is 3.48. The number of benzene rings is 1. The van der Waals surface area contributed by atoms with Gasteiger partial charge in [0, 0.05) is 24.5 Å². The largest absolute Gasteiger partial charge is 0.416 e. The lowest BCUT2D eigenvalue weighted by molar-refractivity contribution is -0.138. The highest BCUT2D eigenvalue weighted by Crippen LogP contribution is 2.38. The number of hydrogen-bond acceptors (Lipinski definition) is 4. The zero-order chi connectivity index (χ0) is 20.5. The Morgan fingerprint density at radius 3 is 2.64 bits per heavy atom. The Bertz CT molecular complexity index is 884. The molecule has 9 heteroatoms. The Labute approximate surface area is 159 Å². The first-order valence-electron chi connectivity index (χ1n) is 8.75. The summed E-state index contributed by atoms with van der Waals surface area (Å²) in [6, 6.07) is 2.59. The van der Waals surface area contributed by atoms with Gasteiger partial charge in [0.05, 0.1) is 11.8 Å². The predicted molar refractivity (Wildman–Crippen MR) is 95.2 cm³/mol. The Morgan fingerprint density at radius 2 is 2.04 bits per heavy atom. The maximum atomic E-state index is 13.3. The molecule has 1 unspecified atom stereocenters. The number of carbonyl (C=O) groups excluding carboxylic acids is 2. The quantitative estimate of drug-likeness (QED) is 0.845. The Kier molecular flexibility index (Phi) is 5.35. The number of fused-ring (bicyclic) bond motifs is 1. The van der Waals surface area contributed by atoms with Gasteiger partial charge in [0.25, 0.3) is 5.91 Å². The summed E-state index contributed by atoms with van der Waals surface area (Å²) < 4.78 is 40.0. The normalized spacial score (nSPS) is 14.9. The third-order valence-corrected chi connectivity index (χ3v) is 4.49. The van der Waals surface area contributed by atoms with Crippen molar-refractivity contribution in [3.8, 4) is 0 Å². The Balaban J connectivity index is 1.91. The van der Waals surface area contributed by atoms with Crippen LogP contribution >= 0.6 is 0 Å². The zero-order valence-corrected chi connectivity index (χ0v) is 15.3. The third kappa shape index (κ3) is 3.97. The SMILES string of the molecule is CC(C)CC(C(=O)Nc1cnccn1)N1Cc2c(cccc2C(F)(F)F)C1=O. The number of rotatable bonds is 5. The Morgan fingerprint density at radius 1 is 1.29 bits per heavy atom. The molecule has 0 saturated carbocycles. The second-order valence-electron chi connectivity index (χ2n) is 6.99. The second-order valence-corrected chi connectivity index (χ2v) is 6.99. The van der Waals surface area contributed by atoms with Crippen LogP contribution in [0.4, 0.5) is 19.0 Å². The standard InChI is InChI=1S/C19H19F3N4O2/c1-11(2)8-15(17(27)25-16-9-23-6-7-24-16)26-10-13-12(18(26)28)4-3-5-14(13)19(20,21)22/h3-7,9,11,15H,8,10H2,1-2H3,(H,24,25,27). The lowest BCUT2D eigenvalue weighted by Crippen LogP contribution is -2.45. The summed E-state index contributed by atoms with van der Waals surface area (Å²) >= 11 is 0. The number of aromatic nitrogens is 2. The van der Waals surface area contributed by atoms with E-state index in [1.54, 1.807) is 0 Å². The van der Waals surface area contributed by atoms with E-state index in [1.807, 2.05) is 13.8 Å². The smallest absolute Gasteiger partial charge is 0.322 e. The molecule has 6 nitrogen and oxygen atoms in total. The van der Waals surface area contributed by atoms with E-state index >= 15 is 0 Å². The minimum absolute atomic E-state index is 0.0177. The van der Waals surface area contributed by atoms with E-state index in [1.165, 1.54) is 35.6 Å². The fourth-order valence-corrected chi connectivity index (χ4v) is 3.27. The molecule has 28 heavy (non-hydrogen) atoms. The van der Waals surface area contributed by atoms with E-state index in [4.69, 9.17) is 0 Å². The van der Waals surface area contributed by atoms with Crippen LogP contribution < -0.4 is 5.32 Å². The number of carbonyl (C=O) groups is 2. The molecular formula is C19H19F3N4O2. The molecule has 0 aliphatic carbocycles. The van der Waals surface area contributed by atoms with Crippen molar-refractivity contribution < 1.29 is 22.8 Å². The maximum Gasteiger partial charge on any atom is 0.416 e. The highest BCUT2D eigenvalue weighted by Gasteiger charge is 2.42. The molecule has 1 N–H and O–H groups in total. The molecule has 0 radical (unpaired) electrons. The molecule has 0 bridgehead atoms. The average molecular weight is 392 g/mol. The summed E-state index contributed by atoms with van der Waals surface area (Å²) in [5.41, 5.74) is -0.963. The summed E-state index contributed by atoms with van der Waals surface area (Å²) in [7, 11) is 0. The number of halogens is 3. The number of hydrogen-bond donors (Lipinski definition) is 1.